The highest BCUT2D eigenvalue weighted by Gasteiger charge is 2.54. The molecule has 0 bridgehead atoms. The Morgan fingerprint density at radius 3 is 0.914 bits per heavy atom. The molecule has 8 heterocycles. The molecule has 1 spiro atoms. The summed E-state index contributed by atoms with van der Waals surface area (Å²) in [7, 11) is 0. The van der Waals surface area contributed by atoms with Gasteiger partial charge in [0.2, 0.25) is 0 Å². The number of ether oxygens (including phenoxy) is 1. The minimum absolute atomic E-state index is 0.606. The van der Waals surface area contributed by atoms with Gasteiger partial charge < -0.3 is 27.6 Å². The second-order valence-electron chi connectivity index (χ2n) is 24.8. The van der Waals surface area contributed by atoms with Gasteiger partial charge in [-0.2, -0.15) is 5.26 Å². The number of hydrogen-bond donors (Lipinski definition) is 0. The van der Waals surface area contributed by atoms with E-state index in [1.165, 1.54) is 43.4 Å². The molecular formula is C84H48N8O. The standard InChI is InChI=1S/C84H48N8O/c85-47-50-33-37-78-64(41-50)62-23-7-16-32-77(62)92(78)55-46-69-83(87-49-55)82-68(45-54(48-86-82)91-74-29-13-5-21-60(74)61-22-6-14-30-75(61)91)84(69)66-43-52(89-72-27-11-3-19-58(72)59-20-4-12-28-73(59)89)35-39-80(66)93-81-40-36-53(44-67(81)84)90-76-31-15-8-24-63(76)65-42-51(34-38-79(65)90)88-70-25-9-1-17-56(70)57-18-2-10-26-71(57)88/h1-46,48-49H. The summed E-state index contributed by atoms with van der Waals surface area (Å²) in [6, 6.07) is 103. The van der Waals surface area contributed by atoms with E-state index in [0.29, 0.717) is 5.56 Å². The van der Waals surface area contributed by atoms with Gasteiger partial charge in [-0.1, -0.05) is 146 Å². The number of fused-ring (bicyclic) bond motifs is 24. The van der Waals surface area contributed by atoms with E-state index in [1.807, 2.05) is 24.5 Å². The van der Waals surface area contributed by atoms with Crippen molar-refractivity contribution in [2.75, 3.05) is 0 Å². The maximum atomic E-state index is 10.3. The monoisotopic (exact) mass is 1180 g/mol. The molecule has 0 N–H and O–H groups in total. The van der Waals surface area contributed by atoms with Crippen LogP contribution in [0, 0.1) is 11.3 Å². The number of pyridine rings is 2. The van der Waals surface area contributed by atoms with Gasteiger partial charge >= 0.3 is 0 Å². The fourth-order valence-electron chi connectivity index (χ4n) is 16.5. The maximum absolute atomic E-state index is 10.3. The number of nitriles is 1. The lowest BCUT2D eigenvalue weighted by molar-refractivity contribution is 0.436. The fourth-order valence-corrected chi connectivity index (χ4v) is 16.5. The largest absolute Gasteiger partial charge is 0.457 e. The molecule has 2 aliphatic rings. The topological polar surface area (TPSA) is 83.5 Å². The van der Waals surface area contributed by atoms with Crippen LogP contribution in [0.15, 0.2) is 291 Å². The third-order valence-electron chi connectivity index (χ3n) is 20.2. The summed E-state index contributed by atoms with van der Waals surface area (Å²) in [5.41, 5.74) is 20.7. The highest BCUT2D eigenvalue weighted by Crippen LogP contribution is 2.63. The number of aromatic nitrogens is 7. The number of nitrogens with zero attached hydrogens (tertiary/aromatic N) is 8. The van der Waals surface area contributed by atoms with Gasteiger partial charge in [0.1, 0.15) is 11.5 Å². The maximum Gasteiger partial charge on any atom is 0.132 e. The van der Waals surface area contributed by atoms with E-state index in [2.05, 4.69) is 296 Å². The van der Waals surface area contributed by atoms with Crippen molar-refractivity contribution in [1.82, 2.24) is 32.8 Å². The molecule has 0 fully saturated rings. The first-order chi connectivity index (χ1) is 46.1. The lowest BCUT2D eigenvalue weighted by Gasteiger charge is -2.39. The summed E-state index contributed by atoms with van der Waals surface area (Å²) in [6.45, 7) is 0. The zero-order chi connectivity index (χ0) is 60.8. The van der Waals surface area contributed by atoms with Gasteiger partial charge in [0.25, 0.3) is 0 Å². The molecule has 0 saturated carbocycles. The smallest absolute Gasteiger partial charge is 0.132 e. The van der Waals surface area contributed by atoms with Crippen molar-refractivity contribution < 1.29 is 4.74 Å². The second-order valence-corrected chi connectivity index (χ2v) is 24.8. The first kappa shape index (κ1) is 50.1. The van der Waals surface area contributed by atoms with Gasteiger partial charge in [-0.3, -0.25) is 9.97 Å². The van der Waals surface area contributed by atoms with E-state index in [1.54, 1.807) is 0 Å². The normalized spacial score (nSPS) is 14.1. The molecule has 0 saturated heterocycles. The van der Waals surface area contributed by atoms with Crippen LogP contribution in [-0.4, -0.2) is 32.8 Å². The molecule has 430 valence electrons. The lowest BCUT2D eigenvalue weighted by Crippen LogP contribution is -2.33. The number of hydrogen-bond acceptors (Lipinski definition) is 4. The summed E-state index contributed by atoms with van der Waals surface area (Å²) in [5, 5.41) is 21.8. The van der Waals surface area contributed by atoms with Crippen LogP contribution in [0.5, 0.6) is 11.5 Å². The van der Waals surface area contributed by atoms with Gasteiger partial charge in [0.05, 0.1) is 107 Å². The lowest BCUT2D eigenvalue weighted by atomic mass is 9.66. The third-order valence-corrected chi connectivity index (χ3v) is 20.2. The Morgan fingerprint density at radius 2 is 0.548 bits per heavy atom. The average molecular weight is 1190 g/mol. The van der Waals surface area contributed by atoms with Crippen LogP contribution in [-0.2, 0) is 5.41 Å². The fraction of sp³-hybridized carbons (Fsp3) is 0.0119. The quantitative estimate of drug-likeness (QED) is 0.172. The van der Waals surface area contributed by atoms with E-state index < -0.39 is 5.41 Å². The van der Waals surface area contributed by atoms with Crippen molar-refractivity contribution in [3.63, 3.8) is 0 Å². The molecule has 0 radical (unpaired) electrons. The van der Waals surface area contributed by atoms with Crippen molar-refractivity contribution >= 4 is 109 Å². The van der Waals surface area contributed by atoms with E-state index in [4.69, 9.17) is 14.7 Å². The molecule has 1 unspecified atom stereocenters. The van der Waals surface area contributed by atoms with E-state index in [-0.39, 0.29) is 0 Å². The van der Waals surface area contributed by atoms with Gasteiger partial charge in [-0.05, 0) is 133 Å². The van der Waals surface area contributed by atoms with Crippen LogP contribution in [0.3, 0.4) is 0 Å². The van der Waals surface area contributed by atoms with Crippen LogP contribution in [0.4, 0.5) is 0 Å². The Bertz CT molecular complexity index is 6420. The molecule has 0 amide bonds. The van der Waals surface area contributed by atoms with Crippen molar-refractivity contribution in [3.05, 3.63) is 319 Å². The van der Waals surface area contributed by atoms with E-state index in [0.717, 1.165) is 139 Å². The third kappa shape index (κ3) is 6.62. The highest BCUT2D eigenvalue weighted by molar-refractivity contribution is 6.14. The van der Waals surface area contributed by atoms with Crippen molar-refractivity contribution in [2.24, 2.45) is 0 Å². The second kappa shape index (κ2) is 18.4. The Balaban J connectivity index is 0.884. The summed E-state index contributed by atoms with van der Waals surface area (Å²) in [6.07, 6.45) is 4.04. The molecule has 12 aromatic carbocycles. The van der Waals surface area contributed by atoms with Crippen molar-refractivity contribution in [3.8, 4) is 57.4 Å². The van der Waals surface area contributed by atoms with Gasteiger partial charge in [-0.25, -0.2) is 0 Å². The molecule has 1 aliphatic heterocycles. The minimum atomic E-state index is -1.13. The van der Waals surface area contributed by atoms with Crippen molar-refractivity contribution in [1.29, 1.82) is 5.26 Å². The zero-order valence-electron chi connectivity index (χ0n) is 49.7. The first-order valence-corrected chi connectivity index (χ1v) is 31.5. The summed E-state index contributed by atoms with van der Waals surface area (Å²) in [5.74, 6) is 1.47. The van der Waals surface area contributed by atoms with Gasteiger partial charge in [0.15, 0.2) is 0 Å². The Morgan fingerprint density at radius 1 is 0.269 bits per heavy atom. The molecule has 19 aromatic rings. The Kier molecular flexibility index (Phi) is 9.93. The predicted molar refractivity (Wildman–Crippen MR) is 376 cm³/mol. The molecule has 9 heteroatoms. The zero-order valence-corrected chi connectivity index (χ0v) is 49.7. The number of rotatable bonds is 5. The molecule has 93 heavy (non-hydrogen) atoms. The molecule has 21 rings (SSSR count). The van der Waals surface area contributed by atoms with Crippen LogP contribution in [0.1, 0.15) is 27.8 Å². The Labute approximate surface area is 530 Å². The van der Waals surface area contributed by atoms with Gasteiger partial charge in [0, 0.05) is 93.2 Å². The van der Waals surface area contributed by atoms with Crippen LogP contribution < -0.4 is 4.74 Å². The number of benzene rings is 12. The SMILES string of the molecule is N#Cc1ccc2c(c1)c1ccccc1n2-c1cnc2c(c1)C1(c3cc(-n4c5ccccc5c5ccccc54)ccc3Oc3ccc(-n4c5ccccc5c5cc(-n6c7ccccc7c7ccccc76)ccc54)cc31)c1cc(-n3c4ccccc4c4ccccc43)cnc1-2. The molecule has 1 aliphatic carbocycles. The Hall–Kier alpha value is -12.8. The minimum Gasteiger partial charge on any atom is -0.457 e. The van der Waals surface area contributed by atoms with Crippen LogP contribution >= 0.6 is 0 Å². The molecule has 9 nitrogen and oxygen atoms in total. The summed E-state index contributed by atoms with van der Waals surface area (Å²) < 4.78 is 19.4. The van der Waals surface area contributed by atoms with Gasteiger partial charge in [-0.15, -0.1) is 0 Å². The first-order valence-electron chi connectivity index (χ1n) is 31.5. The van der Waals surface area contributed by atoms with Crippen LogP contribution in [0.25, 0.3) is 149 Å². The summed E-state index contributed by atoms with van der Waals surface area (Å²) >= 11 is 0. The van der Waals surface area contributed by atoms with Crippen molar-refractivity contribution in [2.45, 2.75) is 5.41 Å². The molecule has 1 atom stereocenters. The average Bonchev–Trinajstić information content (AvgIpc) is 1.60. The number of para-hydroxylation sites is 8. The highest BCUT2D eigenvalue weighted by atomic mass is 16.5. The molecule has 7 aromatic heterocycles. The van der Waals surface area contributed by atoms with E-state index >= 15 is 0 Å². The predicted octanol–water partition coefficient (Wildman–Crippen LogP) is 20.3. The van der Waals surface area contributed by atoms with Crippen LogP contribution in [0.2, 0.25) is 0 Å². The molecular weight excluding hydrogens is 1140 g/mol. The summed E-state index contributed by atoms with van der Waals surface area (Å²) in [4.78, 5) is 11.3. The van der Waals surface area contributed by atoms with E-state index in [9.17, 15) is 5.26 Å².